The molecule has 0 bridgehead atoms. The summed E-state index contributed by atoms with van der Waals surface area (Å²) < 4.78 is 0. The number of para-hydroxylation sites is 1. The molecule has 0 unspecified atom stereocenters. The van der Waals surface area contributed by atoms with Crippen LogP contribution in [0.5, 0.6) is 0 Å². The van der Waals surface area contributed by atoms with Crippen molar-refractivity contribution in [2.24, 2.45) is 5.73 Å². The smallest absolute Gasteiger partial charge is 0.124 e. The van der Waals surface area contributed by atoms with Crippen molar-refractivity contribution in [3.05, 3.63) is 64.7 Å². The van der Waals surface area contributed by atoms with Gasteiger partial charge in [-0.25, -0.2) is 0 Å². The molecule has 0 amide bonds. The van der Waals surface area contributed by atoms with E-state index in [9.17, 15) is 0 Å². The van der Waals surface area contributed by atoms with Gasteiger partial charge in [0.25, 0.3) is 0 Å². The highest BCUT2D eigenvalue weighted by molar-refractivity contribution is 6.31. The highest BCUT2D eigenvalue weighted by Gasteiger charge is 2.10. The van der Waals surface area contributed by atoms with Crippen molar-refractivity contribution in [1.82, 2.24) is 0 Å². The highest BCUT2D eigenvalue weighted by Crippen LogP contribution is 2.23. The highest BCUT2D eigenvalue weighted by atomic mass is 35.5. The topological polar surface area (TPSA) is 53.1 Å². The van der Waals surface area contributed by atoms with Crippen LogP contribution in [-0.4, -0.2) is 12.9 Å². The van der Waals surface area contributed by atoms with E-state index in [-0.39, 0.29) is 5.84 Å². The zero-order chi connectivity index (χ0) is 13.8. The van der Waals surface area contributed by atoms with E-state index in [1.165, 1.54) is 0 Å². The average molecular weight is 274 g/mol. The van der Waals surface area contributed by atoms with Gasteiger partial charge in [-0.1, -0.05) is 41.9 Å². The van der Waals surface area contributed by atoms with Gasteiger partial charge in [0, 0.05) is 29.9 Å². The zero-order valence-corrected chi connectivity index (χ0v) is 11.5. The van der Waals surface area contributed by atoms with Crippen LogP contribution in [0.1, 0.15) is 11.1 Å². The number of nitrogen functional groups attached to an aromatic ring is 1. The molecule has 0 saturated heterocycles. The van der Waals surface area contributed by atoms with Gasteiger partial charge in [-0.15, -0.1) is 0 Å². The molecule has 2 aromatic carbocycles. The second-order valence-electron chi connectivity index (χ2n) is 4.38. The molecule has 0 saturated carbocycles. The maximum Gasteiger partial charge on any atom is 0.124 e. The van der Waals surface area contributed by atoms with Crippen molar-refractivity contribution in [2.45, 2.75) is 6.54 Å². The van der Waals surface area contributed by atoms with Crippen molar-refractivity contribution in [2.75, 3.05) is 11.9 Å². The van der Waals surface area contributed by atoms with E-state index in [1.54, 1.807) is 0 Å². The first-order valence-electron chi connectivity index (χ1n) is 5.97. The van der Waals surface area contributed by atoms with Crippen molar-refractivity contribution < 1.29 is 0 Å². The lowest BCUT2D eigenvalue weighted by Gasteiger charge is -2.22. The van der Waals surface area contributed by atoms with E-state index in [0.29, 0.717) is 6.54 Å². The number of nitrogens with two attached hydrogens (primary N) is 1. The van der Waals surface area contributed by atoms with Crippen LogP contribution < -0.4 is 10.6 Å². The lowest BCUT2D eigenvalue weighted by atomic mass is 10.1. The number of anilines is 1. The normalized spacial score (nSPS) is 10.2. The minimum Gasteiger partial charge on any atom is -0.384 e. The summed E-state index contributed by atoms with van der Waals surface area (Å²) >= 11 is 6.16. The molecule has 0 aliphatic carbocycles. The van der Waals surface area contributed by atoms with E-state index >= 15 is 0 Å². The summed E-state index contributed by atoms with van der Waals surface area (Å²) in [5.74, 6) is 0.0709. The minimum atomic E-state index is 0.0709. The fourth-order valence-corrected chi connectivity index (χ4v) is 2.20. The molecule has 0 aliphatic heterocycles. The fraction of sp³-hybridized carbons (Fsp3) is 0.133. The van der Waals surface area contributed by atoms with Gasteiger partial charge in [0.2, 0.25) is 0 Å². The largest absolute Gasteiger partial charge is 0.384 e. The summed E-state index contributed by atoms with van der Waals surface area (Å²) in [6, 6.07) is 15.4. The molecule has 0 atom stereocenters. The third kappa shape index (κ3) is 3.06. The minimum absolute atomic E-state index is 0.0709. The molecule has 0 heterocycles. The second-order valence-corrected chi connectivity index (χ2v) is 4.79. The predicted molar refractivity (Wildman–Crippen MR) is 81.0 cm³/mol. The van der Waals surface area contributed by atoms with Crippen LogP contribution in [0, 0.1) is 5.41 Å². The molecule has 2 rings (SSSR count). The Balaban J connectivity index is 2.28. The molecule has 3 nitrogen and oxygen atoms in total. The predicted octanol–water partition coefficient (Wildman–Crippen LogP) is 3.26. The van der Waals surface area contributed by atoms with Gasteiger partial charge in [0.05, 0.1) is 0 Å². The maximum absolute atomic E-state index is 7.62. The van der Waals surface area contributed by atoms with Crippen LogP contribution in [0.15, 0.2) is 48.5 Å². The standard InChI is InChI=1S/C15H16ClN3/c1-19(10-11-6-2-4-8-13(11)16)14-9-5-3-7-12(14)15(17)18/h2-9H,10H2,1H3,(H3,17,18). The number of hydrogen-bond acceptors (Lipinski definition) is 2. The number of hydrogen-bond donors (Lipinski definition) is 2. The molecule has 0 spiro atoms. The van der Waals surface area contributed by atoms with Gasteiger partial charge in [-0.3, -0.25) is 5.41 Å². The summed E-state index contributed by atoms with van der Waals surface area (Å²) in [6.07, 6.45) is 0. The Labute approximate surface area is 118 Å². The summed E-state index contributed by atoms with van der Waals surface area (Å²) in [6.45, 7) is 0.671. The fourth-order valence-electron chi connectivity index (χ4n) is 2.00. The Hall–Kier alpha value is -2.00. The van der Waals surface area contributed by atoms with Gasteiger partial charge in [-0.2, -0.15) is 0 Å². The van der Waals surface area contributed by atoms with Crippen molar-refractivity contribution in [1.29, 1.82) is 5.41 Å². The molecule has 0 aromatic heterocycles. The quantitative estimate of drug-likeness (QED) is 0.664. The number of nitrogens with zero attached hydrogens (tertiary/aromatic N) is 1. The molecule has 4 heteroatoms. The van der Waals surface area contributed by atoms with E-state index in [2.05, 4.69) is 0 Å². The zero-order valence-electron chi connectivity index (χ0n) is 10.7. The van der Waals surface area contributed by atoms with E-state index < -0.39 is 0 Å². The Bertz CT molecular complexity index is 595. The van der Waals surface area contributed by atoms with Gasteiger partial charge in [0.15, 0.2) is 0 Å². The molecular weight excluding hydrogens is 258 g/mol. The van der Waals surface area contributed by atoms with Crippen LogP contribution in [-0.2, 0) is 6.54 Å². The van der Waals surface area contributed by atoms with E-state index in [4.69, 9.17) is 22.7 Å². The number of halogens is 1. The lowest BCUT2D eigenvalue weighted by molar-refractivity contribution is 0.921. The van der Waals surface area contributed by atoms with Gasteiger partial charge >= 0.3 is 0 Å². The van der Waals surface area contributed by atoms with Crippen molar-refractivity contribution >= 4 is 23.1 Å². The van der Waals surface area contributed by atoms with Gasteiger partial charge in [-0.05, 0) is 23.8 Å². The average Bonchev–Trinajstić information content (AvgIpc) is 2.41. The van der Waals surface area contributed by atoms with Crippen LogP contribution in [0.2, 0.25) is 5.02 Å². The Morgan fingerprint density at radius 2 is 1.79 bits per heavy atom. The molecular formula is C15H16ClN3. The second kappa shape index (κ2) is 5.76. The third-order valence-electron chi connectivity index (χ3n) is 2.97. The van der Waals surface area contributed by atoms with E-state index in [0.717, 1.165) is 21.8 Å². The summed E-state index contributed by atoms with van der Waals surface area (Å²) in [5, 5.41) is 8.36. The van der Waals surface area contributed by atoms with Gasteiger partial charge < -0.3 is 10.6 Å². The van der Waals surface area contributed by atoms with E-state index in [1.807, 2.05) is 60.5 Å². The summed E-state index contributed by atoms with van der Waals surface area (Å²) in [7, 11) is 1.96. The first-order valence-corrected chi connectivity index (χ1v) is 6.35. The number of rotatable bonds is 4. The third-order valence-corrected chi connectivity index (χ3v) is 3.34. The summed E-state index contributed by atoms with van der Waals surface area (Å²) in [4.78, 5) is 2.04. The maximum atomic E-state index is 7.62. The lowest BCUT2D eigenvalue weighted by Crippen LogP contribution is -2.22. The van der Waals surface area contributed by atoms with Gasteiger partial charge in [0.1, 0.15) is 5.84 Å². The molecule has 0 radical (unpaired) electrons. The SMILES string of the molecule is CN(Cc1ccccc1Cl)c1ccccc1C(=N)N. The number of benzene rings is 2. The van der Waals surface area contributed by atoms with Crippen LogP contribution in [0.25, 0.3) is 0 Å². The first kappa shape index (κ1) is 13.4. The van der Waals surface area contributed by atoms with Crippen LogP contribution in [0.3, 0.4) is 0 Å². The molecule has 98 valence electrons. The van der Waals surface area contributed by atoms with Crippen LogP contribution in [0.4, 0.5) is 5.69 Å². The Morgan fingerprint density at radius 3 is 2.47 bits per heavy atom. The van der Waals surface area contributed by atoms with Crippen LogP contribution >= 0.6 is 11.6 Å². The number of nitrogens with one attached hydrogen (secondary N) is 1. The molecule has 3 N–H and O–H groups in total. The number of amidine groups is 1. The first-order chi connectivity index (χ1) is 9.09. The van der Waals surface area contributed by atoms with Crippen molar-refractivity contribution in [3.8, 4) is 0 Å². The molecule has 19 heavy (non-hydrogen) atoms. The molecule has 0 fully saturated rings. The summed E-state index contributed by atoms with van der Waals surface area (Å²) in [5.41, 5.74) is 8.31. The Kier molecular flexibility index (Phi) is 4.07. The monoisotopic (exact) mass is 273 g/mol. The Morgan fingerprint density at radius 1 is 1.16 bits per heavy atom. The molecule has 0 aliphatic rings. The van der Waals surface area contributed by atoms with Crippen molar-refractivity contribution in [3.63, 3.8) is 0 Å². The molecule has 2 aromatic rings.